The normalized spacial score (nSPS) is 15.7. The van der Waals surface area contributed by atoms with Crippen LogP contribution in [0.25, 0.3) is 11.0 Å². The molecule has 8 nitrogen and oxygen atoms in total. The maximum absolute atomic E-state index is 12.8. The first-order valence-electron chi connectivity index (χ1n) is 8.69. The van der Waals surface area contributed by atoms with Crippen LogP contribution in [-0.2, 0) is 24.4 Å². The molecule has 1 aliphatic rings. The number of carbonyl (C=O) groups excluding carboxylic acids is 1. The van der Waals surface area contributed by atoms with Crippen LogP contribution in [0.5, 0.6) is 0 Å². The van der Waals surface area contributed by atoms with Crippen molar-refractivity contribution in [3.05, 3.63) is 48.0 Å². The van der Waals surface area contributed by atoms with Crippen LogP contribution in [0, 0.1) is 0 Å². The minimum atomic E-state index is -0.990. The van der Waals surface area contributed by atoms with Crippen LogP contribution < -0.4 is 0 Å². The van der Waals surface area contributed by atoms with E-state index in [1.54, 1.807) is 12.4 Å². The summed E-state index contributed by atoms with van der Waals surface area (Å²) in [7, 11) is 0. The smallest absolute Gasteiger partial charge is 0.242 e. The molecule has 0 aliphatic carbocycles. The van der Waals surface area contributed by atoms with Gasteiger partial charge in [-0.15, -0.1) is 0 Å². The van der Waals surface area contributed by atoms with Gasteiger partial charge in [-0.2, -0.15) is 5.10 Å². The summed E-state index contributed by atoms with van der Waals surface area (Å²) in [5.74, 6) is 0.0204. The van der Waals surface area contributed by atoms with Crippen LogP contribution in [0.15, 0.2) is 36.7 Å². The number of nitrogens with zero attached hydrogens (tertiary/aromatic N) is 5. The molecule has 136 valence electrons. The third-order valence-corrected chi connectivity index (χ3v) is 4.73. The van der Waals surface area contributed by atoms with Crippen molar-refractivity contribution in [1.82, 2.24) is 24.2 Å². The monoisotopic (exact) mass is 355 g/mol. The van der Waals surface area contributed by atoms with E-state index >= 15 is 0 Å². The van der Waals surface area contributed by atoms with Gasteiger partial charge < -0.3 is 19.7 Å². The molecule has 4 rings (SSSR count). The lowest BCUT2D eigenvalue weighted by Gasteiger charge is -2.20. The van der Waals surface area contributed by atoms with Crippen LogP contribution >= 0.6 is 0 Å². The Hall–Kier alpha value is -2.71. The van der Waals surface area contributed by atoms with E-state index in [-0.39, 0.29) is 19.1 Å². The third-order valence-electron chi connectivity index (χ3n) is 4.73. The minimum absolute atomic E-state index is 0.0204. The van der Waals surface area contributed by atoms with Crippen molar-refractivity contribution in [3.8, 4) is 0 Å². The number of imidazole rings is 1. The number of hydrogen-bond donors (Lipinski definition) is 2. The Labute approximate surface area is 150 Å². The van der Waals surface area contributed by atoms with Crippen molar-refractivity contribution >= 4 is 16.9 Å². The van der Waals surface area contributed by atoms with Gasteiger partial charge in [-0.3, -0.25) is 9.48 Å². The first kappa shape index (κ1) is 16.7. The van der Waals surface area contributed by atoms with Crippen molar-refractivity contribution in [3.63, 3.8) is 0 Å². The number of fused-ring (bicyclic) bond motifs is 2. The summed E-state index contributed by atoms with van der Waals surface area (Å²) in [6.45, 7) is 1.65. The number of aromatic nitrogens is 4. The highest BCUT2D eigenvalue weighted by Crippen LogP contribution is 2.19. The summed E-state index contributed by atoms with van der Waals surface area (Å²) in [5, 5.41) is 23.2. The number of benzene rings is 1. The van der Waals surface area contributed by atoms with E-state index in [2.05, 4.69) is 10.1 Å². The van der Waals surface area contributed by atoms with Crippen molar-refractivity contribution in [1.29, 1.82) is 0 Å². The number of aliphatic hydroxyl groups excluding tert-OH is 2. The molecular weight excluding hydrogens is 334 g/mol. The number of aliphatic hydroxyl groups is 2. The fraction of sp³-hybridized carbons (Fsp3) is 0.389. The molecule has 8 heteroatoms. The molecule has 1 aromatic carbocycles. The molecule has 0 saturated heterocycles. The fourth-order valence-corrected chi connectivity index (χ4v) is 3.34. The molecule has 0 bridgehead atoms. The van der Waals surface area contributed by atoms with E-state index in [1.165, 1.54) is 0 Å². The predicted octanol–water partition coefficient (Wildman–Crippen LogP) is 0.691. The Morgan fingerprint density at radius 2 is 2.12 bits per heavy atom. The number of rotatable bonds is 4. The van der Waals surface area contributed by atoms with Gasteiger partial charge in [0.05, 0.1) is 41.9 Å². The van der Waals surface area contributed by atoms with Gasteiger partial charge in [0.1, 0.15) is 12.6 Å². The largest absolute Gasteiger partial charge is 0.393 e. The maximum atomic E-state index is 12.8. The van der Waals surface area contributed by atoms with E-state index in [9.17, 15) is 9.90 Å². The highest BCUT2D eigenvalue weighted by molar-refractivity contribution is 5.80. The molecule has 0 spiro atoms. The van der Waals surface area contributed by atoms with E-state index < -0.39 is 6.10 Å². The van der Waals surface area contributed by atoms with Gasteiger partial charge in [0.15, 0.2) is 0 Å². The maximum Gasteiger partial charge on any atom is 0.242 e. The van der Waals surface area contributed by atoms with Crippen molar-refractivity contribution in [2.75, 3.05) is 13.2 Å². The van der Waals surface area contributed by atoms with Gasteiger partial charge in [0, 0.05) is 13.1 Å². The van der Waals surface area contributed by atoms with Gasteiger partial charge in [-0.25, -0.2) is 4.98 Å². The lowest BCUT2D eigenvalue weighted by Crippen LogP contribution is -2.33. The summed E-state index contributed by atoms with van der Waals surface area (Å²) < 4.78 is 3.68. The second kappa shape index (κ2) is 6.89. The quantitative estimate of drug-likeness (QED) is 0.718. The number of aryl methyl sites for hydroxylation is 1. The molecule has 1 amide bonds. The molecule has 0 fully saturated rings. The van der Waals surface area contributed by atoms with E-state index in [0.29, 0.717) is 25.3 Å². The van der Waals surface area contributed by atoms with Gasteiger partial charge >= 0.3 is 0 Å². The molecule has 26 heavy (non-hydrogen) atoms. The number of amides is 1. The van der Waals surface area contributed by atoms with Crippen LogP contribution in [0.2, 0.25) is 0 Å². The Morgan fingerprint density at radius 1 is 1.27 bits per heavy atom. The van der Waals surface area contributed by atoms with Crippen LogP contribution in [0.3, 0.4) is 0 Å². The SMILES string of the molecule is O=C(Cn1cnc2ccccc21)N1CCCn2nc([C@H](O)CO)cc2C1. The summed E-state index contributed by atoms with van der Waals surface area (Å²) >= 11 is 0. The van der Waals surface area contributed by atoms with Gasteiger partial charge in [0.25, 0.3) is 0 Å². The molecule has 0 unspecified atom stereocenters. The lowest BCUT2D eigenvalue weighted by molar-refractivity contribution is -0.132. The average molecular weight is 355 g/mol. The topological polar surface area (TPSA) is 96.4 Å². The van der Waals surface area contributed by atoms with Crippen molar-refractivity contribution < 1.29 is 15.0 Å². The Kier molecular flexibility index (Phi) is 4.44. The van der Waals surface area contributed by atoms with Gasteiger partial charge in [0.2, 0.25) is 5.91 Å². The Bertz CT molecular complexity index is 932. The van der Waals surface area contributed by atoms with E-state index in [4.69, 9.17) is 5.11 Å². The molecular formula is C18H21N5O3. The van der Waals surface area contributed by atoms with Crippen LogP contribution in [0.4, 0.5) is 0 Å². The molecule has 0 radical (unpaired) electrons. The predicted molar refractivity (Wildman–Crippen MR) is 94.0 cm³/mol. The van der Waals surface area contributed by atoms with E-state index in [1.807, 2.05) is 38.4 Å². The zero-order valence-electron chi connectivity index (χ0n) is 14.3. The second-order valence-corrected chi connectivity index (χ2v) is 6.51. The Balaban J connectivity index is 1.52. The molecule has 1 atom stereocenters. The molecule has 3 heterocycles. The highest BCUT2D eigenvalue weighted by atomic mass is 16.3. The highest BCUT2D eigenvalue weighted by Gasteiger charge is 2.22. The molecule has 2 N–H and O–H groups in total. The van der Waals surface area contributed by atoms with Crippen molar-refractivity contribution in [2.45, 2.75) is 32.2 Å². The molecule has 3 aromatic rings. The Morgan fingerprint density at radius 3 is 2.96 bits per heavy atom. The summed E-state index contributed by atoms with van der Waals surface area (Å²) in [4.78, 5) is 19.0. The molecule has 2 aromatic heterocycles. The zero-order valence-corrected chi connectivity index (χ0v) is 14.3. The number of carbonyl (C=O) groups is 1. The number of para-hydroxylation sites is 2. The van der Waals surface area contributed by atoms with Crippen molar-refractivity contribution in [2.24, 2.45) is 0 Å². The first-order chi connectivity index (χ1) is 12.7. The summed E-state index contributed by atoms with van der Waals surface area (Å²) in [5.41, 5.74) is 3.12. The summed E-state index contributed by atoms with van der Waals surface area (Å²) in [6.07, 6.45) is 1.50. The van der Waals surface area contributed by atoms with E-state index in [0.717, 1.165) is 23.1 Å². The third kappa shape index (κ3) is 3.09. The fourth-order valence-electron chi connectivity index (χ4n) is 3.34. The molecule has 1 aliphatic heterocycles. The van der Waals surface area contributed by atoms with Gasteiger partial charge in [-0.05, 0) is 24.6 Å². The lowest BCUT2D eigenvalue weighted by atomic mass is 10.2. The first-order valence-corrected chi connectivity index (χ1v) is 8.69. The number of hydrogen-bond acceptors (Lipinski definition) is 5. The van der Waals surface area contributed by atoms with Gasteiger partial charge in [-0.1, -0.05) is 12.1 Å². The standard InChI is InChI=1S/C18H21N5O3/c24-11-17(25)15-8-13-9-21(6-3-7-23(13)20-15)18(26)10-22-12-19-14-4-1-2-5-16(14)22/h1-2,4-5,8,12,17,24-25H,3,6-7,9-11H2/t17-/m1/s1. The minimum Gasteiger partial charge on any atom is -0.393 e. The van der Waals surface area contributed by atoms with Crippen LogP contribution in [0.1, 0.15) is 23.9 Å². The molecule has 0 saturated carbocycles. The summed E-state index contributed by atoms with van der Waals surface area (Å²) in [6, 6.07) is 9.50. The second-order valence-electron chi connectivity index (χ2n) is 6.51. The average Bonchev–Trinajstić information content (AvgIpc) is 3.19. The van der Waals surface area contributed by atoms with Crippen LogP contribution in [-0.4, -0.2) is 53.5 Å². The zero-order chi connectivity index (χ0) is 18.1.